The second-order valence-corrected chi connectivity index (χ2v) is 29.1. The van der Waals surface area contributed by atoms with Gasteiger partial charge in [0, 0.05) is 34.1 Å². The monoisotopic (exact) mass is 1610 g/mol. The van der Waals surface area contributed by atoms with Gasteiger partial charge >= 0.3 is 47.8 Å². The Kier molecular flexibility index (Phi) is 34.8. The number of benzene rings is 10. The molecule has 120 heavy (non-hydrogen) atoms. The van der Waals surface area contributed by atoms with E-state index < -0.39 is 47.8 Å². The average Bonchev–Trinajstić information content (AvgIpc) is 0.811. The Morgan fingerprint density at radius 1 is 0.250 bits per heavy atom. The number of hydrogen-bond donors (Lipinski definition) is 0. The third-order valence-corrected chi connectivity index (χ3v) is 20.1. The SMILES string of the molecule is C=Cc1ccc(COC(=O)CCC(=O)OCCCc2ccc(N(c3ccc(CCCOC(=O)CCC(=O)OCc4ccc(C=C)cc4)cc3)c3ccc(-c4ccc(N(c5ccc(CCCOC(=O)CCC(=O)OCc6ccc(C=C)cc6)cc5)c5ccc(CCCOC(=O)CCC(=O)OCc6ccc(C=C)cc6)cc5)c(C)c4)cc3C)cc2)cc1. The molecule has 0 atom stereocenters. The lowest BCUT2D eigenvalue weighted by atomic mass is 9.98. The van der Waals surface area contributed by atoms with E-state index in [1.54, 1.807) is 24.3 Å². The van der Waals surface area contributed by atoms with Crippen LogP contribution in [-0.2, 0) is 128 Å². The standard InChI is InChI=1S/C102H104N2O16/c1-7-75-19-27-83(28-20-75)69-117-99(109)59-55-95(105)113-63-11-15-79-35-45-89(46-36-79)103(90-47-37-80(38-48-90)16-12-64-114-96(106)56-60-100(110)118-70-84-29-21-76(8-2)22-30-84)93-53-43-87(67-73(93)5)88-44-54-94(74(6)68-88)104(91-49-39-81(40-50-91)17-13-65-115-97(107)57-61-101(111)119-71-85-31-23-77(9-3)24-32-85)92-51-41-82(42-52-92)18-14-66-116-98(108)58-62-102(112)120-72-86-33-25-78(10-4)26-34-86/h7-10,19-54,67-68H,1-4,11-18,55-66,69-72H2,5-6H3. The van der Waals surface area contributed by atoms with E-state index in [2.05, 4.69) is 183 Å². The summed E-state index contributed by atoms with van der Waals surface area (Å²) in [5.41, 5.74) is 21.1. The van der Waals surface area contributed by atoms with Crippen molar-refractivity contribution >= 4 is 106 Å². The van der Waals surface area contributed by atoms with Gasteiger partial charge in [-0.25, -0.2) is 0 Å². The number of carbonyl (C=O) groups excluding carboxylic acids is 8. The summed E-state index contributed by atoms with van der Waals surface area (Å²) in [5.74, 6) is -3.76. The Morgan fingerprint density at radius 2 is 0.442 bits per heavy atom. The van der Waals surface area contributed by atoms with E-state index >= 15 is 0 Å². The van der Waals surface area contributed by atoms with E-state index in [1.165, 1.54) is 0 Å². The van der Waals surface area contributed by atoms with E-state index in [0.717, 1.165) is 123 Å². The highest BCUT2D eigenvalue weighted by Gasteiger charge is 2.21. The second-order valence-electron chi connectivity index (χ2n) is 29.1. The maximum absolute atomic E-state index is 12.7. The van der Waals surface area contributed by atoms with Crippen LogP contribution in [0.25, 0.3) is 35.4 Å². The molecular weight excluding hydrogens is 1510 g/mol. The number of aryl methyl sites for hydroxylation is 6. The van der Waals surface area contributed by atoms with Crippen LogP contribution in [-0.4, -0.2) is 74.2 Å². The molecule has 10 aromatic carbocycles. The molecule has 0 saturated carbocycles. The number of esters is 8. The zero-order chi connectivity index (χ0) is 84.8. The van der Waals surface area contributed by atoms with Crippen LogP contribution in [0.2, 0.25) is 0 Å². The van der Waals surface area contributed by atoms with Gasteiger partial charge in [-0.05, 0) is 227 Å². The van der Waals surface area contributed by atoms with Crippen LogP contribution < -0.4 is 9.80 Å². The first-order valence-corrected chi connectivity index (χ1v) is 40.7. The maximum atomic E-state index is 12.7. The number of rotatable bonds is 47. The Bertz CT molecular complexity index is 4500. The molecule has 0 N–H and O–H groups in total. The van der Waals surface area contributed by atoms with Gasteiger partial charge in [-0.15, -0.1) is 0 Å². The van der Waals surface area contributed by atoms with Crippen molar-refractivity contribution in [3.63, 3.8) is 0 Å². The van der Waals surface area contributed by atoms with Crippen molar-refractivity contribution in [2.24, 2.45) is 0 Å². The van der Waals surface area contributed by atoms with Crippen molar-refractivity contribution in [2.45, 2.75) is 143 Å². The van der Waals surface area contributed by atoms with Crippen molar-refractivity contribution < 1.29 is 76.3 Å². The summed E-state index contributed by atoms with van der Waals surface area (Å²) >= 11 is 0. The molecule has 18 heteroatoms. The number of carbonyl (C=O) groups is 8. The first-order valence-electron chi connectivity index (χ1n) is 40.7. The van der Waals surface area contributed by atoms with E-state index in [0.29, 0.717) is 51.4 Å². The molecule has 0 bridgehead atoms. The zero-order valence-electron chi connectivity index (χ0n) is 68.5. The van der Waals surface area contributed by atoms with Crippen LogP contribution in [0.4, 0.5) is 34.1 Å². The predicted molar refractivity (Wildman–Crippen MR) is 470 cm³/mol. The van der Waals surface area contributed by atoms with Gasteiger partial charge in [-0.1, -0.05) is 208 Å². The third kappa shape index (κ3) is 29.0. The number of nitrogens with zero attached hydrogens (tertiary/aromatic N) is 2. The highest BCUT2D eigenvalue weighted by Crippen LogP contribution is 2.42. The van der Waals surface area contributed by atoms with Crippen LogP contribution in [0.5, 0.6) is 0 Å². The van der Waals surface area contributed by atoms with Crippen LogP contribution in [0.15, 0.2) is 257 Å². The van der Waals surface area contributed by atoms with Gasteiger partial charge in [0.15, 0.2) is 0 Å². The van der Waals surface area contributed by atoms with Gasteiger partial charge in [-0.2, -0.15) is 0 Å². The molecule has 0 aromatic heterocycles. The molecule has 0 unspecified atom stereocenters. The fourth-order valence-corrected chi connectivity index (χ4v) is 13.2. The van der Waals surface area contributed by atoms with Crippen LogP contribution >= 0.6 is 0 Å². The first kappa shape index (κ1) is 88.9. The lowest BCUT2D eigenvalue weighted by Crippen LogP contribution is -2.12. The first-order chi connectivity index (χ1) is 58.4. The molecule has 0 spiro atoms. The summed E-state index contributed by atoms with van der Waals surface area (Å²) < 4.78 is 43.6. The average molecular weight is 1610 g/mol. The van der Waals surface area contributed by atoms with E-state index in [1.807, 2.05) is 97.1 Å². The van der Waals surface area contributed by atoms with E-state index in [4.69, 9.17) is 37.9 Å². The molecule has 0 aliphatic heterocycles. The molecule has 0 aliphatic carbocycles. The summed E-state index contributed by atoms with van der Waals surface area (Å²) in [6.45, 7) is 20.5. The van der Waals surface area contributed by atoms with Gasteiger partial charge < -0.3 is 47.7 Å². The second kappa shape index (κ2) is 47.1. The highest BCUT2D eigenvalue weighted by atomic mass is 16.6. The van der Waals surface area contributed by atoms with Crippen molar-refractivity contribution in [3.05, 3.63) is 335 Å². The van der Waals surface area contributed by atoms with Crippen LogP contribution in [0, 0.1) is 13.8 Å². The van der Waals surface area contributed by atoms with E-state index in [9.17, 15) is 38.4 Å². The lowest BCUT2D eigenvalue weighted by molar-refractivity contribution is -0.151. The smallest absolute Gasteiger partial charge is 0.306 e. The molecule has 18 nitrogen and oxygen atoms in total. The molecular formula is C102H104N2O16. The van der Waals surface area contributed by atoms with Crippen molar-refractivity contribution in [1.29, 1.82) is 0 Å². The minimum atomic E-state index is -0.476. The number of ether oxygens (including phenoxy) is 8. The van der Waals surface area contributed by atoms with Crippen molar-refractivity contribution in [2.75, 3.05) is 36.2 Å². The molecule has 10 aromatic rings. The summed E-state index contributed by atoms with van der Waals surface area (Å²) in [6, 6.07) is 76.3. The van der Waals surface area contributed by atoms with Gasteiger partial charge in [0.05, 0.1) is 77.8 Å². The minimum Gasteiger partial charge on any atom is -0.466 e. The Labute approximate surface area is 703 Å². The van der Waals surface area contributed by atoms with Gasteiger partial charge in [0.2, 0.25) is 0 Å². The van der Waals surface area contributed by atoms with Crippen molar-refractivity contribution in [3.8, 4) is 11.1 Å². The molecule has 0 radical (unpaired) electrons. The topological polar surface area (TPSA) is 217 Å². The minimum absolute atomic E-state index is 0.0793. The van der Waals surface area contributed by atoms with Gasteiger partial charge in [0.25, 0.3) is 0 Å². The molecule has 0 amide bonds. The summed E-state index contributed by atoms with van der Waals surface area (Å²) in [5, 5.41) is 0. The van der Waals surface area contributed by atoms with E-state index in [-0.39, 0.29) is 104 Å². The molecule has 0 heterocycles. The third-order valence-electron chi connectivity index (χ3n) is 20.1. The fourth-order valence-electron chi connectivity index (χ4n) is 13.2. The van der Waals surface area contributed by atoms with Crippen LogP contribution in [0.1, 0.15) is 155 Å². The van der Waals surface area contributed by atoms with Crippen LogP contribution in [0.3, 0.4) is 0 Å². The maximum Gasteiger partial charge on any atom is 0.306 e. The molecule has 0 fully saturated rings. The molecule has 0 aliphatic rings. The normalized spacial score (nSPS) is 10.8. The zero-order valence-corrected chi connectivity index (χ0v) is 68.5. The summed E-state index contributed by atoms with van der Waals surface area (Å²) in [6.07, 6.45) is 11.2. The quantitative estimate of drug-likeness (QED) is 0.0197. The predicted octanol–water partition coefficient (Wildman–Crippen LogP) is 21.5. The van der Waals surface area contributed by atoms with Gasteiger partial charge in [-0.3, -0.25) is 38.4 Å². The highest BCUT2D eigenvalue weighted by molar-refractivity contribution is 5.85. The number of anilines is 6. The van der Waals surface area contributed by atoms with Gasteiger partial charge in [0.1, 0.15) is 26.4 Å². The summed E-state index contributed by atoms with van der Waals surface area (Å²) in [4.78, 5) is 105. The number of hydrogen-bond acceptors (Lipinski definition) is 18. The Morgan fingerprint density at radius 3 is 0.633 bits per heavy atom. The summed E-state index contributed by atoms with van der Waals surface area (Å²) in [7, 11) is 0. The van der Waals surface area contributed by atoms with Crippen molar-refractivity contribution in [1.82, 2.24) is 0 Å². The largest absolute Gasteiger partial charge is 0.466 e. The molecule has 618 valence electrons. The Balaban J connectivity index is 0.793. The fraction of sp³-hybridized carbons (Fsp3) is 0.255. The lowest BCUT2D eigenvalue weighted by Gasteiger charge is -2.28. The molecule has 0 saturated heterocycles. The Hall–Kier alpha value is -13.5. The molecule has 10 rings (SSSR count).